The highest BCUT2D eigenvalue weighted by Gasteiger charge is 2.30. The molecule has 2 aromatic rings. The van der Waals surface area contributed by atoms with Gasteiger partial charge in [0.05, 0.1) is 6.54 Å². The van der Waals surface area contributed by atoms with Crippen LogP contribution in [0.5, 0.6) is 0 Å². The highest BCUT2D eigenvalue weighted by Crippen LogP contribution is 2.21. The number of carboxylic acids is 1. The van der Waals surface area contributed by atoms with Crippen LogP contribution in [0.2, 0.25) is 0 Å². The summed E-state index contributed by atoms with van der Waals surface area (Å²) in [6.07, 6.45) is 0. The van der Waals surface area contributed by atoms with Gasteiger partial charge in [-0.1, -0.05) is 0 Å². The van der Waals surface area contributed by atoms with E-state index in [1.807, 2.05) is 0 Å². The summed E-state index contributed by atoms with van der Waals surface area (Å²) in [5.74, 6) is -2.42. The molecular formula is C14H15FN2O4. The maximum Gasteiger partial charge on any atom is 0.337 e. The smallest absolute Gasteiger partial charge is 0.337 e. The summed E-state index contributed by atoms with van der Waals surface area (Å²) >= 11 is 0. The average molecular weight is 294 g/mol. The number of carbonyl (C=O) groups is 2. The second-order valence-corrected chi connectivity index (χ2v) is 5.13. The second-order valence-electron chi connectivity index (χ2n) is 5.13. The zero-order valence-corrected chi connectivity index (χ0v) is 11.5. The molecule has 7 heteroatoms. The first-order chi connectivity index (χ1) is 9.70. The van der Waals surface area contributed by atoms with E-state index in [1.54, 1.807) is 13.0 Å². The first kappa shape index (κ1) is 15.0. The molecule has 0 spiro atoms. The Hall–Kier alpha value is -2.41. The summed E-state index contributed by atoms with van der Waals surface area (Å²) in [6, 6.07) is 4.18. The van der Waals surface area contributed by atoms with Crippen molar-refractivity contribution in [1.82, 2.24) is 10.3 Å². The van der Waals surface area contributed by atoms with Gasteiger partial charge in [-0.05, 0) is 37.6 Å². The van der Waals surface area contributed by atoms with E-state index in [0.717, 1.165) is 6.92 Å². The minimum absolute atomic E-state index is 0.167. The van der Waals surface area contributed by atoms with Gasteiger partial charge < -0.3 is 20.5 Å². The Labute approximate surface area is 119 Å². The number of carbonyl (C=O) groups excluding carboxylic acids is 1. The highest BCUT2D eigenvalue weighted by molar-refractivity contribution is 5.99. The van der Waals surface area contributed by atoms with Crippen molar-refractivity contribution in [2.24, 2.45) is 0 Å². The van der Waals surface area contributed by atoms with E-state index in [2.05, 4.69) is 10.3 Å². The van der Waals surface area contributed by atoms with Crippen LogP contribution in [0.25, 0.3) is 10.9 Å². The Morgan fingerprint density at radius 2 is 2.05 bits per heavy atom. The molecule has 0 bridgehead atoms. The van der Waals surface area contributed by atoms with Gasteiger partial charge in [-0.25, -0.2) is 9.18 Å². The van der Waals surface area contributed by atoms with Crippen molar-refractivity contribution in [2.75, 3.05) is 6.54 Å². The monoisotopic (exact) mass is 294 g/mol. The fourth-order valence-corrected chi connectivity index (χ4v) is 1.92. The van der Waals surface area contributed by atoms with Crippen LogP contribution in [-0.4, -0.2) is 39.2 Å². The van der Waals surface area contributed by atoms with Gasteiger partial charge in [-0.3, -0.25) is 4.79 Å². The molecule has 1 heterocycles. The molecule has 1 atom stereocenters. The number of hydrogen-bond acceptors (Lipinski definition) is 3. The first-order valence-electron chi connectivity index (χ1n) is 6.23. The first-order valence-corrected chi connectivity index (χ1v) is 6.23. The van der Waals surface area contributed by atoms with Crippen LogP contribution in [0.15, 0.2) is 18.2 Å². The van der Waals surface area contributed by atoms with Crippen molar-refractivity contribution in [2.45, 2.75) is 19.4 Å². The van der Waals surface area contributed by atoms with Gasteiger partial charge in [0, 0.05) is 10.9 Å². The second kappa shape index (κ2) is 5.17. The minimum atomic E-state index is -2.05. The molecule has 21 heavy (non-hydrogen) atoms. The molecule has 0 aliphatic rings. The Balaban J connectivity index is 2.21. The average Bonchev–Trinajstić information content (AvgIpc) is 2.80. The maximum absolute atomic E-state index is 13.3. The highest BCUT2D eigenvalue weighted by atomic mass is 19.1. The van der Waals surface area contributed by atoms with Gasteiger partial charge in [0.25, 0.3) is 5.91 Å². The molecule has 0 saturated heterocycles. The van der Waals surface area contributed by atoms with Gasteiger partial charge in [0.2, 0.25) is 0 Å². The number of nitrogens with one attached hydrogen (secondary N) is 2. The third-order valence-electron chi connectivity index (χ3n) is 3.21. The third-order valence-corrected chi connectivity index (χ3v) is 3.21. The molecule has 4 N–H and O–H groups in total. The molecule has 0 fully saturated rings. The van der Waals surface area contributed by atoms with Crippen molar-refractivity contribution < 1.29 is 24.2 Å². The summed E-state index contributed by atoms with van der Waals surface area (Å²) in [6.45, 7) is 2.36. The fourth-order valence-electron chi connectivity index (χ4n) is 1.92. The number of aromatic amines is 1. The number of benzene rings is 1. The number of aliphatic hydroxyl groups is 1. The number of H-pyrrole nitrogens is 1. The van der Waals surface area contributed by atoms with Gasteiger partial charge in [0.1, 0.15) is 11.5 Å². The molecule has 0 aliphatic heterocycles. The number of amides is 1. The van der Waals surface area contributed by atoms with Crippen molar-refractivity contribution in [3.8, 4) is 0 Å². The lowest BCUT2D eigenvalue weighted by atomic mass is 10.1. The summed E-state index contributed by atoms with van der Waals surface area (Å²) in [7, 11) is 0. The van der Waals surface area contributed by atoms with Crippen LogP contribution in [0.1, 0.15) is 23.0 Å². The summed E-state index contributed by atoms with van der Waals surface area (Å²) in [4.78, 5) is 25.4. The van der Waals surface area contributed by atoms with Crippen LogP contribution < -0.4 is 5.32 Å². The van der Waals surface area contributed by atoms with Gasteiger partial charge in [-0.15, -0.1) is 0 Å². The van der Waals surface area contributed by atoms with Crippen LogP contribution in [0.4, 0.5) is 4.39 Å². The molecule has 1 unspecified atom stereocenters. The van der Waals surface area contributed by atoms with Gasteiger partial charge in [0.15, 0.2) is 5.60 Å². The van der Waals surface area contributed by atoms with Crippen LogP contribution in [0.3, 0.4) is 0 Å². The summed E-state index contributed by atoms with van der Waals surface area (Å²) in [5, 5.41) is 21.3. The number of hydrogen-bond donors (Lipinski definition) is 4. The lowest BCUT2D eigenvalue weighted by molar-refractivity contribution is -0.155. The number of rotatable bonds is 4. The summed E-state index contributed by atoms with van der Waals surface area (Å²) < 4.78 is 13.3. The Morgan fingerprint density at radius 3 is 2.67 bits per heavy atom. The van der Waals surface area contributed by atoms with Crippen LogP contribution in [0, 0.1) is 12.7 Å². The predicted octanol–water partition coefficient (Wildman–Crippen LogP) is 1.18. The molecule has 1 aromatic heterocycles. The topological polar surface area (TPSA) is 102 Å². The zero-order chi connectivity index (χ0) is 15.8. The number of aromatic nitrogens is 1. The SMILES string of the molecule is Cc1cc(F)cc2[nH]c(C(=O)NCC(C)(O)C(=O)O)cc12. The van der Waals surface area contributed by atoms with Gasteiger partial charge >= 0.3 is 5.97 Å². The molecule has 1 amide bonds. The molecule has 1 aromatic carbocycles. The molecule has 0 aliphatic carbocycles. The quantitative estimate of drug-likeness (QED) is 0.680. The number of fused-ring (bicyclic) bond motifs is 1. The van der Waals surface area contributed by atoms with E-state index in [1.165, 1.54) is 12.1 Å². The molecule has 112 valence electrons. The van der Waals surface area contributed by atoms with E-state index in [9.17, 15) is 19.1 Å². The van der Waals surface area contributed by atoms with E-state index in [4.69, 9.17) is 5.11 Å². The molecule has 0 saturated carbocycles. The number of aliphatic carboxylic acids is 1. The predicted molar refractivity (Wildman–Crippen MR) is 73.6 cm³/mol. The molecule has 6 nitrogen and oxygen atoms in total. The fraction of sp³-hybridized carbons (Fsp3) is 0.286. The van der Waals surface area contributed by atoms with E-state index >= 15 is 0 Å². The zero-order valence-electron chi connectivity index (χ0n) is 11.5. The number of halogens is 1. The van der Waals surface area contributed by atoms with E-state index in [0.29, 0.717) is 16.5 Å². The number of carboxylic acid groups (broad SMARTS) is 1. The lowest BCUT2D eigenvalue weighted by Crippen LogP contribution is -2.46. The van der Waals surface area contributed by atoms with Crippen LogP contribution >= 0.6 is 0 Å². The standard InChI is InChI=1S/C14H15FN2O4/c1-7-3-8(15)4-10-9(7)5-11(17-10)12(18)16-6-14(2,21)13(19)20/h3-5,17,21H,6H2,1-2H3,(H,16,18)(H,19,20). The normalized spacial score (nSPS) is 13.9. The van der Waals surface area contributed by atoms with E-state index in [-0.39, 0.29) is 5.69 Å². The van der Waals surface area contributed by atoms with Crippen molar-refractivity contribution in [3.63, 3.8) is 0 Å². The summed E-state index contributed by atoms with van der Waals surface area (Å²) in [5.41, 5.74) is -0.732. The van der Waals surface area contributed by atoms with E-state index < -0.39 is 29.8 Å². The molecule has 0 radical (unpaired) electrons. The Morgan fingerprint density at radius 1 is 1.38 bits per heavy atom. The maximum atomic E-state index is 13.3. The van der Waals surface area contributed by atoms with Gasteiger partial charge in [-0.2, -0.15) is 0 Å². The van der Waals surface area contributed by atoms with Crippen LogP contribution in [-0.2, 0) is 4.79 Å². The lowest BCUT2D eigenvalue weighted by Gasteiger charge is -2.17. The Kier molecular flexibility index (Phi) is 3.69. The molecule has 2 rings (SSSR count). The largest absolute Gasteiger partial charge is 0.479 e. The third kappa shape index (κ3) is 3.03. The molecular weight excluding hydrogens is 279 g/mol. The number of aryl methyl sites for hydroxylation is 1. The van der Waals surface area contributed by atoms with Crippen molar-refractivity contribution in [3.05, 3.63) is 35.3 Å². The van der Waals surface area contributed by atoms with Crippen molar-refractivity contribution >= 4 is 22.8 Å². The minimum Gasteiger partial charge on any atom is -0.479 e. The van der Waals surface area contributed by atoms with Crippen molar-refractivity contribution in [1.29, 1.82) is 0 Å². The Bertz CT molecular complexity index is 721.